The maximum Gasteiger partial charge on any atom is 0.139 e. The molecule has 0 atom stereocenters. The SMILES string of the molecule is Brc1sc2ncnc(NCc3ccco3)c2c1-c1ccccc1. The van der Waals surface area contributed by atoms with Gasteiger partial charge in [0.25, 0.3) is 0 Å². The van der Waals surface area contributed by atoms with Crippen LogP contribution < -0.4 is 5.32 Å². The zero-order chi connectivity index (χ0) is 15.6. The molecule has 0 fully saturated rings. The van der Waals surface area contributed by atoms with Crippen LogP contribution in [-0.2, 0) is 6.54 Å². The standard InChI is InChI=1S/C17H12BrN3OS/c18-15-13(11-5-2-1-3-6-11)14-16(20-10-21-17(14)23-15)19-9-12-7-4-8-22-12/h1-8,10H,9H2,(H,19,20,21). The van der Waals surface area contributed by atoms with Crippen molar-refractivity contribution < 1.29 is 4.42 Å². The van der Waals surface area contributed by atoms with Crippen molar-refractivity contribution in [3.63, 3.8) is 0 Å². The van der Waals surface area contributed by atoms with E-state index >= 15 is 0 Å². The van der Waals surface area contributed by atoms with Crippen LogP contribution >= 0.6 is 27.3 Å². The smallest absolute Gasteiger partial charge is 0.139 e. The highest BCUT2D eigenvalue weighted by molar-refractivity contribution is 9.11. The number of benzene rings is 1. The summed E-state index contributed by atoms with van der Waals surface area (Å²) in [4.78, 5) is 9.79. The first-order valence-corrected chi connectivity index (χ1v) is 8.68. The van der Waals surface area contributed by atoms with Crippen LogP contribution in [0.4, 0.5) is 5.82 Å². The van der Waals surface area contributed by atoms with Crippen LogP contribution in [0.5, 0.6) is 0 Å². The fourth-order valence-corrected chi connectivity index (χ4v) is 4.27. The van der Waals surface area contributed by atoms with Crippen molar-refractivity contribution in [2.24, 2.45) is 0 Å². The van der Waals surface area contributed by atoms with Crippen LogP contribution in [0.25, 0.3) is 21.3 Å². The molecule has 0 aliphatic carbocycles. The van der Waals surface area contributed by atoms with Gasteiger partial charge in [0.15, 0.2) is 0 Å². The van der Waals surface area contributed by atoms with E-state index < -0.39 is 0 Å². The third-order valence-electron chi connectivity index (χ3n) is 3.52. The second-order valence-electron chi connectivity index (χ2n) is 4.95. The Bertz CT molecular complexity index is 935. The summed E-state index contributed by atoms with van der Waals surface area (Å²) in [7, 11) is 0. The summed E-state index contributed by atoms with van der Waals surface area (Å²) in [5.41, 5.74) is 2.26. The Balaban J connectivity index is 1.82. The number of nitrogens with zero attached hydrogens (tertiary/aromatic N) is 2. The minimum Gasteiger partial charge on any atom is -0.467 e. The van der Waals surface area contributed by atoms with Gasteiger partial charge in [0.2, 0.25) is 0 Å². The molecule has 1 aromatic carbocycles. The van der Waals surface area contributed by atoms with Crippen LogP contribution in [0.15, 0.2) is 63.3 Å². The summed E-state index contributed by atoms with van der Waals surface area (Å²) in [6.07, 6.45) is 3.26. The number of anilines is 1. The largest absolute Gasteiger partial charge is 0.467 e. The van der Waals surface area contributed by atoms with Gasteiger partial charge in [-0.2, -0.15) is 0 Å². The summed E-state index contributed by atoms with van der Waals surface area (Å²) in [6.45, 7) is 0.584. The fraction of sp³-hybridized carbons (Fsp3) is 0.0588. The number of nitrogens with one attached hydrogen (secondary N) is 1. The predicted octanol–water partition coefficient (Wildman–Crippen LogP) is 5.33. The topological polar surface area (TPSA) is 51.0 Å². The number of halogens is 1. The second-order valence-corrected chi connectivity index (χ2v) is 7.27. The third kappa shape index (κ3) is 2.75. The third-order valence-corrected chi connectivity index (χ3v) is 5.29. The molecule has 0 aliphatic heterocycles. The molecule has 3 aromatic heterocycles. The molecule has 3 heterocycles. The molecule has 0 unspecified atom stereocenters. The summed E-state index contributed by atoms with van der Waals surface area (Å²) in [6, 6.07) is 14.1. The van der Waals surface area contributed by atoms with E-state index in [2.05, 4.69) is 43.3 Å². The molecule has 1 N–H and O–H groups in total. The Hall–Kier alpha value is -2.18. The van der Waals surface area contributed by atoms with Gasteiger partial charge in [-0.05, 0) is 33.6 Å². The van der Waals surface area contributed by atoms with Crippen LogP contribution in [0.2, 0.25) is 0 Å². The molecule has 23 heavy (non-hydrogen) atoms. The van der Waals surface area contributed by atoms with E-state index in [1.54, 1.807) is 23.9 Å². The fourth-order valence-electron chi connectivity index (χ4n) is 2.49. The van der Waals surface area contributed by atoms with E-state index in [4.69, 9.17) is 4.42 Å². The van der Waals surface area contributed by atoms with Crippen molar-refractivity contribution in [2.45, 2.75) is 6.54 Å². The molecule has 0 amide bonds. The molecule has 0 radical (unpaired) electrons. The van der Waals surface area contributed by atoms with Gasteiger partial charge in [0.05, 0.1) is 22.0 Å². The van der Waals surface area contributed by atoms with Gasteiger partial charge in [-0.3, -0.25) is 0 Å². The molecule has 4 nitrogen and oxygen atoms in total. The molecule has 4 rings (SSSR count). The maximum atomic E-state index is 5.37. The number of fused-ring (bicyclic) bond motifs is 1. The van der Waals surface area contributed by atoms with Crippen LogP contribution in [0.3, 0.4) is 0 Å². The van der Waals surface area contributed by atoms with E-state index in [0.29, 0.717) is 6.54 Å². The highest BCUT2D eigenvalue weighted by Crippen LogP contribution is 2.43. The van der Waals surface area contributed by atoms with Crippen LogP contribution in [0.1, 0.15) is 5.76 Å². The van der Waals surface area contributed by atoms with E-state index in [1.165, 1.54) is 0 Å². The van der Waals surface area contributed by atoms with Gasteiger partial charge in [-0.1, -0.05) is 30.3 Å². The van der Waals surface area contributed by atoms with Gasteiger partial charge in [0, 0.05) is 5.56 Å². The van der Waals surface area contributed by atoms with E-state index in [0.717, 1.165) is 36.7 Å². The molecule has 0 aliphatic rings. The van der Waals surface area contributed by atoms with E-state index in [-0.39, 0.29) is 0 Å². The minimum atomic E-state index is 0.584. The van der Waals surface area contributed by atoms with Crippen molar-refractivity contribution in [1.29, 1.82) is 0 Å². The summed E-state index contributed by atoms with van der Waals surface area (Å²) in [5.74, 6) is 1.68. The molecule has 114 valence electrons. The quantitative estimate of drug-likeness (QED) is 0.515. The lowest BCUT2D eigenvalue weighted by molar-refractivity contribution is 0.518. The van der Waals surface area contributed by atoms with E-state index in [1.807, 2.05) is 30.3 Å². The molecule has 0 spiro atoms. The van der Waals surface area contributed by atoms with Gasteiger partial charge < -0.3 is 9.73 Å². The van der Waals surface area contributed by atoms with Crippen molar-refractivity contribution in [1.82, 2.24) is 9.97 Å². The molecule has 4 aromatic rings. The summed E-state index contributed by atoms with van der Waals surface area (Å²) >= 11 is 5.29. The van der Waals surface area contributed by atoms with Crippen molar-refractivity contribution in [3.05, 3.63) is 64.6 Å². The molecule has 0 saturated heterocycles. The molecule has 0 bridgehead atoms. The first-order valence-electron chi connectivity index (χ1n) is 7.07. The minimum absolute atomic E-state index is 0.584. The molecule has 6 heteroatoms. The lowest BCUT2D eigenvalue weighted by atomic mass is 10.1. The average Bonchev–Trinajstić information content (AvgIpc) is 3.20. The number of hydrogen-bond donors (Lipinski definition) is 1. The van der Waals surface area contributed by atoms with Crippen LogP contribution in [-0.4, -0.2) is 9.97 Å². The summed E-state index contributed by atoms with van der Waals surface area (Å²) in [5, 5.41) is 4.38. The number of hydrogen-bond acceptors (Lipinski definition) is 5. The first-order chi connectivity index (χ1) is 11.3. The monoisotopic (exact) mass is 385 g/mol. The highest BCUT2D eigenvalue weighted by Gasteiger charge is 2.17. The highest BCUT2D eigenvalue weighted by atomic mass is 79.9. The average molecular weight is 386 g/mol. The zero-order valence-electron chi connectivity index (χ0n) is 12.0. The number of aromatic nitrogens is 2. The zero-order valence-corrected chi connectivity index (χ0v) is 14.4. The normalized spacial score (nSPS) is 11.0. The van der Waals surface area contributed by atoms with Gasteiger partial charge in [-0.25, -0.2) is 9.97 Å². The van der Waals surface area contributed by atoms with Crippen molar-refractivity contribution in [3.8, 4) is 11.1 Å². The Labute approximate surface area is 145 Å². The van der Waals surface area contributed by atoms with Crippen molar-refractivity contribution in [2.75, 3.05) is 5.32 Å². The Morgan fingerprint density at radius 3 is 2.74 bits per heavy atom. The number of thiophene rings is 1. The Morgan fingerprint density at radius 2 is 1.96 bits per heavy atom. The van der Waals surface area contributed by atoms with Gasteiger partial charge >= 0.3 is 0 Å². The Morgan fingerprint density at radius 1 is 1.09 bits per heavy atom. The molecule has 0 saturated carbocycles. The Kier molecular flexibility index (Phi) is 3.85. The van der Waals surface area contributed by atoms with Gasteiger partial charge in [-0.15, -0.1) is 11.3 Å². The van der Waals surface area contributed by atoms with Gasteiger partial charge in [0.1, 0.15) is 22.7 Å². The predicted molar refractivity (Wildman–Crippen MR) is 96.6 cm³/mol. The maximum absolute atomic E-state index is 5.37. The lowest BCUT2D eigenvalue weighted by Crippen LogP contribution is -2.01. The van der Waals surface area contributed by atoms with E-state index in [9.17, 15) is 0 Å². The number of rotatable bonds is 4. The first kappa shape index (κ1) is 14.4. The molecular weight excluding hydrogens is 374 g/mol. The summed E-state index contributed by atoms with van der Waals surface area (Å²) < 4.78 is 6.43. The second kappa shape index (κ2) is 6.14. The molecular formula is C17H12BrN3OS. The number of furan rings is 1. The van der Waals surface area contributed by atoms with Crippen molar-refractivity contribution >= 4 is 43.3 Å². The lowest BCUT2D eigenvalue weighted by Gasteiger charge is -2.07. The van der Waals surface area contributed by atoms with Crippen LogP contribution in [0, 0.1) is 0 Å².